The van der Waals surface area contributed by atoms with Gasteiger partial charge in [0, 0.05) is 18.5 Å². The van der Waals surface area contributed by atoms with E-state index in [0.717, 1.165) is 32.1 Å². The number of nitrogens with one attached hydrogen (secondary N) is 1. The van der Waals surface area contributed by atoms with Crippen molar-refractivity contribution in [3.63, 3.8) is 0 Å². The number of carbonyl (C=O) groups is 2. The van der Waals surface area contributed by atoms with E-state index >= 15 is 0 Å². The van der Waals surface area contributed by atoms with Crippen LogP contribution in [0.1, 0.15) is 124 Å². The first-order chi connectivity index (χ1) is 23.2. The Labute approximate surface area is 300 Å². The molecule has 0 unspecified atom stereocenters. The Kier molecular flexibility index (Phi) is 9.29. The smallest absolute Gasteiger partial charge is 0.307 e. The van der Waals surface area contributed by atoms with Crippen molar-refractivity contribution in [1.82, 2.24) is 20.1 Å². The van der Waals surface area contributed by atoms with Crippen LogP contribution in [-0.2, 0) is 14.3 Å². The standard InChI is InChI=1S/C40H65N5O5/c1-23(2)24(3)37(8)16-17-38(9)25-12-13-28-36(7)18-27(45-32(33(46)42-11)43-22-44-45)31(50-19-29(41)35(4,5)6)40(28,21-49-20-36)26(25)14-15-39(38,10)30(37)34(47)48/h14,22-25,27-31H,12-13,15-21,41H2,1-11H3,(H,42,46)(H,47,48)/t24-,25+,27-,28-,29+,30-,31+,36-,37-,38-,39+,40+/m1/s1. The summed E-state index contributed by atoms with van der Waals surface area (Å²) in [6.07, 6.45) is 8.89. The van der Waals surface area contributed by atoms with Crippen LogP contribution in [0.4, 0.5) is 0 Å². The molecule has 4 N–H and O–H groups in total. The number of aliphatic carboxylic acids is 1. The molecule has 0 aromatic carbocycles. The molecule has 3 saturated carbocycles. The zero-order valence-electron chi connectivity index (χ0n) is 32.6. The van der Waals surface area contributed by atoms with Crippen LogP contribution in [0, 0.1) is 62.1 Å². The zero-order valence-corrected chi connectivity index (χ0v) is 32.6. The molecule has 2 heterocycles. The van der Waals surface area contributed by atoms with Crippen LogP contribution in [0.5, 0.6) is 0 Å². The first kappa shape index (κ1) is 37.5. The number of hydrogen-bond donors (Lipinski definition) is 3. The van der Waals surface area contributed by atoms with Gasteiger partial charge in [-0.1, -0.05) is 80.9 Å². The average molecular weight is 696 g/mol. The molecule has 1 aromatic rings. The van der Waals surface area contributed by atoms with E-state index < -0.39 is 22.7 Å². The second kappa shape index (κ2) is 12.4. The second-order valence-corrected chi connectivity index (χ2v) is 19.5. The number of carbonyl (C=O) groups excluding carboxylic acids is 1. The molecule has 4 fully saturated rings. The van der Waals surface area contributed by atoms with E-state index in [1.165, 1.54) is 11.9 Å². The number of allylic oxidation sites excluding steroid dienone is 1. The van der Waals surface area contributed by atoms with Gasteiger partial charge in [0.2, 0.25) is 5.82 Å². The van der Waals surface area contributed by atoms with Crippen LogP contribution in [0.3, 0.4) is 0 Å². The Morgan fingerprint density at radius 3 is 2.44 bits per heavy atom. The molecule has 1 aliphatic heterocycles. The molecule has 4 aliphatic carbocycles. The lowest BCUT2D eigenvalue weighted by molar-refractivity contribution is -0.253. The number of fused-ring (bicyclic) bond motifs is 3. The van der Waals surface area contributed by atoms with Crippen molar-refractivity contribution in [3.8, 4) is 0 Å². The molecule has 280 valence electrons. The largest absolute Gasteiger partial charge is 0.481 e. The highest BCUT2D eigenvalue weighted by atomic mass is 16.5. The minimum atomic E-state index is -0.659. The predicted octanol–water partition coefficient (Wildman–Crippen LogP) is 6.53. The maximum atomic E-state index is 13.5. The van der Waals surface area contributed by atoms with Gasteiger partial charge >= 0.3 is 5.97 Å². The first-order valence-corrected chi connectivity index (χ1v) is 19.2. The molecule has 1 saturated heterocycles. The number of amides is 1. The summed E-state index contributed by atoms with van der Waals surface area (Å²) in [6.45, 7) is 24.0. The molecule has 6 rings (SSSR count). The van der Waals surface area contributed by atoms with Crippen molar-refractivity contribution in [3.05, 3.63) is 23.8 Å². The fourth-order valence-electron chi connectivity index (χ4n) is 12.3. The lowest BCUT2D eigenvalue weighted by atomic mass is 9.34. The van der Waals surface area contributed by atoms with Gasteiger partial charge in [0.05, 0.1) is 37.9 Å². The lowest BCUT2D eigenvalue weighted by Crippen LogP contribution is -2.70. The van der Waals surface area contributed by atoms with Crippen molar-refractivity contribution < 1.29 is 24.2 Å². The third-order valence-electron chi connectivity index (χ3n) is 15.9. The summed E-state index contributed by atoms with van der Waals surface area (Å²) in [5.41, 5.74) is 6.37. The number of rotatable bonds is 8. The Hall–Kier alpha value is -2.30. The van der Waals surface area contributed by atoms with Crippen LogP contribution in [-0.4, -0.2) is 70.8 Å². The Morgan fingerprint density at radius 1 is 1.12 bits per heavy atom. The van der Waals surface area contributed by atoms with E-state index in [1.807, 2.05) is 4.68 Å². The number of carboxylic acid groups (broad SMARTS) is 1. The highest BCUT2D eigenvalue weighted by Crippen LogP contribution is 2.75. The van der Waals surface area contributed by atoms with Crippen LogP contribution in [0.25, 0.3) is 0 Å². The molecule has 5 aliphatic rings. The third-order valence-corrected chi connectivity index (χ3v) is 15.9. The van der Waals surface area contributed by atoms with Crippen molar-refractivity contribution >= 4 is 11.9 Å². The van der Waals surface area contributed by atoms with Gasteiger partial charge in [-0.25, -0.2) is 9.67 Å². The maximum Gasteiger partial charge on any atom is 0.307 e. The van der Waals surface area contributed by atoms with Crippen molar-refractivity contribution in [1.29, 1.82) is 0 Å². The molecule has 50 heavy (non-hydrogen) atoms. The highest BCUT2D eigenvalue weighted by Gasteiger charge is 2.72. The van der Waals surface area contributed by atoms with Gasteiger partial charge in [-0.2, -0.15) is 5.10 Å². The van der Waals surface area contributed by atoms with Crippen LogP contribution < -0.4 is 11.1 Å². The quantitative estimate of drug-likeness (QED) is 0.261. The van der Waals surface area contributed by atoms with Gasteiger partial charge in [0.25, 0.3) is 5.91 Å². The van der Waals surface area contributed by atoms with E-state index in [9.17, 15) is 14.7 Å². The molecule has 10 heteroatoms. The number of ether oxygens (including phenoxy) is 2. The lowest BCUT2D eigenvalue weighted by Gasteiger charge is -2.71. The van der Waals surface area contributed by atoms with Gasteiger partial charge in [-0.15, -0.1) is 0 Å². The summed E-state index contributed by atoms with van der Waals surface area (Å²) < 4.78 is 15.7. The minimum Gasteiger partial charge on any atom is -0.481 e. The molecule has 0 radical (unpaired) electrons. The molecule has 12 atom stereocenters. The number of nitrogens with two attached hydrogens (primary N) is 1. The SMILES string of the molecule is CNC(=O)c1ncnn1[C@@H]1C[C@]2(C)COC[C@@]3(C4=CC[C@@]5(C)[C@H](C(=O)O)[C@@](C)([C@H](C)C(C)C)CC[C@]5(C)[C@H]4CC[C@H]23)[C@H]1OC[C@H](N)C(C)(C)C. The Morgan fingerprint density at radius 2 is 1.82 bits per heavy atom. The van der Waals surface area contributed by atoms with E-state index in [1.54, 1.807) is 7.05 Å². The van der Waals surface area contributed by atoms with Crippen LogP contribution >= 0.6 is 0 Å². The maximum absolute atomic E-state index is 13.5. The van der Waals surface area contributed by atoms with E-state index in [2.05, 4.69) is 85.6 Å². The van der Waals surface area contributed by atoms with Gasteiger partial charge in [-0.05, 0) is 89.3 Å². The number of nitrogens with zero attached hydrogens (tertiary/aromatic N) is 3. The van der Waals surface area contributed by atoms with E-state index in [4.69, 9.17) is 20.3 Å². The topological polar surface area (TPSA) is 142 Å². The van der Waals surface area contributed by atoms with Crippen molar-refractivity contribution in [2.45, 2.75) is 126 Å². The minimum absolute atomic E-state index is 0.165. The van der Waals surface area contributed by atoms with Crippen LogP contribution in [0.15, 0.2) is 18.0 Å². The Bertz CT molecular complexity index is 1520. The van der Waals surface area contributed by atoms with Crippen molar-refractivity contribution in [2.75, 3.05) is 26.9 Å². The molecule has 2 bridgehead atoms. The summed E-state index contributed by atoms with van der Waals surface area (Å²) >= 11 is 0. The second-order valence-electron chi connectivity index (χ2n) is 19.5. The molecular weight excluding hydrogens is 630 g/mol. The monoisotopic (exact) mass is 695 g/mol. The van der Waals surface area contributed by atoms with Gasteiger partial charge < -0.3 is 25.6 Å². The Balaban J connectivity index is 1.53. The molecule has 10 nitrogen and oxygen atoms in total. The van der Waals surface area contributed by atoms with Crippen molar-refractivity contribution in [2.24, 2.45) is 67.8 Å². The average Bonchev–Trinajstić information content (AvgIpc) is 3.53. The fourth-order valence-corrected chi connectivity index (χ4v) is 12.3. The predicted molar refractivity (Wildman–Crippen MR) is 193 cm³/mol. The summed E-state index contributed by atoms with van der Waals surface area (Å²) in [7, 11) is 1.62. The molecule has 0 spiro atoms. The summed E-state index contributed by atoms with van der Waals surface area (Å²) in [6, 6.07) is -0.475. The van der Waals surface area contributed by atoms with Crippen LogP contribution in [0.2, 0.25) is 0 Å². The first-order valence-electron chi connectivity index (χ1n) is 19.2. The number of carboxylic acids is 1. The molecule has 1 amide bonds. The summed E-state index contributed by atoms with van der Waals surface area (Å²) in [5, 5.41) is 18.6. The molecule has 1 aromatic heterocycles. The van der Waals surface area contributed by atoms with E-state index in [0.29, 0.717) is 38.1 Å². The number of aromatic nitrogens is 3. The van der Waals surface area contributed by atoms with Gasteiger partial charge in [0.15, 0.2) is 0 Å². The van der Waals surface area contributed by atoms with Gasteiger partial charge in [-0.3, -0.25) is 9.59 Å². The van der Waals surface area contributed by atoms with Gasteiger partial charge in [0.1, 0.15) is 6.33 Å². The molecular formula is C40H65N5O5. The highest BCUT2D eigenvalue weighted by molar-refractivity contribution is 5.90. The summed E-state index contributed by atoms with van der Waals surface area (Å²) in [5.74, 6) is 0.0245. The zero-order chi connectivity index (χ0) is 36.8. The summed E-state index contributed by atoms with van der Waals surface area (Å²) in [4.78, 5) is 31.1. The number of hydrogen-bond acceptors (Lipinski definition) is 7. The normalized spacial score (nSPS) is 42.4. The third kappa shape index (κ3) is 5.19. The fraction of sp³-hybridized carbons (Fsp3) is 0.850. The van der Waals surface area contributed by atoms with E-state index in [-0.39, 0.29) is 63.4 Å².